The lowest BCUT2D eigenvalue weighted by Gasteiger charge is -2.23. The molecule has 3 heteroatoms. The molecule has 2 aliphatic rings. The Morgan fingerprint density at radius 1 is 0.489 bits per heavy atom. The summed E-state index contributed by atoms with van der Waals surface area (Å²) < 4.78 is 0. The second-order valence-corrected chi connectivity index (χ2v) is 12.4. The summed E-state index contributed by atoms with van der Waals surface area (Å²) >= 11 is 0. The number of benzene rings is 5. The highest BCUT2D eigenvalue weighted by atomic mass is 15.0. The molecule has 3 nitrogen and oxygen atoms in total. The summed E-state index contributed by atoms with van der Waals surface area (Å²) in [6.07, 6.45) is 6.77. The molecule has 1 heterocycles. The van der Waals surface area contributed by atoms with E-state index >= 15 is 0 Å². The number of fused-ring (bicyclic) bond motifs is 3. The molecule has 0 aliphatic heterocycles. The summed E-state index contributed by atoms with van der Waals surface area (Å²) in [5, 5.41) is 0. The van der Waals surface area contributed by atoms with Gasteiger partial charge in [0, 0.05) is 22.1 Å². The van der Waals surface area contributed by atoms with E-state index in [0.717, 1.165) is 29.5 Å². The average Bonchev–Trinajstić information content (AvgIpc) is 3.34. The third-order valence-corrected chi connectivity index (χ3v) is 9.22. The minimum Gasteiger partial charge on any atom is -0.208 e. The van der Waals surface area contributed by atoms with Crippen LogP contribution in [0.1, 0.15) is 48.9 Å². The first-order chi connectivity index (χ1) is 22.0. The molecule has 45 heavy (non-hydrogen) atoms. The van der Waals surface area contributed by atoms with Crippen molar-refractivity contribution in [3.63, 3.8) is 0 Å². The third-order valence-electron chi connectivity index (χ3n) is 9.22. The van der Waals surface area contributed by atoms with Crippen LogP contribution in [0.25, 0.3) is 56.4 Å². The molecule has 0 atom stereocenters. The van der Waals surface area contributed by atoms with Crippen molar-refractivity contribution in [2.75, 3.05) is 0 Å². The van der Waals surface area contributed by atoms with E-state index in [1.807, 2.05) is 60.7 Å². The zero-order valence-electron chi connectivity index (χ0n) is 25.5. The van der Waals surface area contributed by atoms with Crippen molar-refractivity contribution in [1.82, 2.24) is 15.0 Å². The smallest absolute Gasteiger partial charge is 0.164 e. The molecule has 0 spiro atoms. The van der Waals surface area contributed by atoms with E-state index in [-0.39, 0.29) is 5.41 Å². The molecule has 5 aromatic carbocycles. The fourth-order valence-electron chi connectivity index (χ4n) is 6.81. The molecule has 0 N–H and O–H groups in total. The quantitative estimate of drug-likeness (QED) is 0.204. The molecule has 0 fully saturated rings. The molecule has 0 radical (unpaired) electrons. The average molecular weight is 580 g/mol. The first-order valence-electron chi connectivity index (χ1n) is 15.7. The summed E-state index contributed by atoms with van der Waals surface area (Å²) in [7, 11) is 0. The number of hydrogen-bond acceptors (Lipinski definition) is 3. The monoisotopic (exact) mass is 579 g/mol. The van der Waals surface area contributed by atoms with E-state index in [4.69, 9.17) is 15.0 Å². The Labute approximate surface area is 264 Å². The van der Waals surface area contributed by atoms with Gasteiger partial charge in [-0.05, 0) is 69.5 Å². The molecule has 0 saturated heterocycles. The highest BCUT2D eigenvalue weighted by Crippen LogP contribution is 2.49. The molecule has 1 aromatic heterocycles. The normalized spacial score (nSPS) is 14.7. The van der Waals surface area contributed by atoms with Crippen molar-refractivity contribution in [3.8, 4) is 45.3 Å². The number of aromatic nitrogens is 3. The lowest BCUT2D eigenvalue weighted by molar-refractivity contribution is 0.660. The van der Waals surface area contributed by atoms with Crippen LogP contribution in [0.4, 0.5) is 0 Å². The molecule has 0 amide bonds. The third kappa shape index (κ3) is 4.91. The van der Waals surface area contributed by atoms with Crippen LogP contribution in [0.15, 0.2) is 140 Å². The number of hydrogen-bond donors (Lipinski definition) is 0. The lowest BCUT2D eigenvalue weighted by atomic mass is 9.81. The predicted octanol–water partition coefficient (Wildman–Crippen LogP) is 10.4. The molecular weight excluding hydrogens is 546 g/mol. The number of allylic oxidation sites excluding steroid dienone is 4. The molecule has 6 aromatic rings. The van der Waals surface area contributed by atoms with Gasteiger partial charge in [-0.2, -0.15) is 0 Å². The maximum absolute atomic E-state index is 4.96. The van der Waals surface area contributed by atoms with Gasteiger partial charge in [-0.1, -0.05) is 141 Å². The van der Waals surface area contributed by atoms with Gasteiger partial charge in [0.1, 0.15) is 0 Å². The van der Waals surface area contributed by atoms with E-state index in [0.29, 0.717) is 17.5 Å². The van der Waals surface area contributed by atoms with Crippen LogP contribution in [-0.4, -0.2) is 15.0 Å². The summed E-state index contributed by atoms with van der Waals surface area (Å²) in [4.78, 5) is 14.8. The van der Waals surface area contributed by atoms with E-state index in [1.165, 1.54) is 44.5 Å². The van der Waals surface area contributed by atoms with E-state index in [1.54, 1.807) is 0 Å². The van der Waals surface area contributed by atoms with Crippen LogP contribution >= 0.6 is 0 Å². The molecular formula is C42H33N3. The van der Waals surface area contributed by atoms with Crippen LogP contribution < -0.4 is 0 Å². The van der Waals surface area contributed by atoms with Crippen LogP contribution in [0.5, 0.6) is 0 Å². The van der Waals surface area contributed by atoms with Crippen molar-refractivity contribution >= 4 is 11.1 Å². The Kier molecular flexibility index (Phi) is 6.60. The van der Waals surface area contributed by atoms with Crippen LogP contribution in [0.2, 0.25) is 0 Å². The Balaban J connectivity index is 1.16. The van der Waals surface area contributed by atoms with E-state index < -0.39 is 0 Å². The van der Waals surface area contributed by atoms with Crippen molar-refractivity contribution in [2.24, 2.45) is 0 Å². The molecule has 216 valence electrons. The zero-order chi connectivity index (χ0) is 30.4. The highest BCUT2D eigenvalue weighted by Gasteiger charge is 2.35. The molecule has 0 bridgehead atoms. The van der Waals surface area contributed by atoms with Gasteiger partial charge in [-0.25, -0.2) is 15.0 Å². The standard InChI is InChI=1S/C42H33N3/c1-42(2)37-22-10-9-21-35(37)36-24-23-33(27-38(36)42)31-18-11-17-30(25-31)32-19-12-20-34(26-32)41-44-39(28-13-5-3-6-14-28)43-40(45-41)29-15-7-4-8-16-29/h3-10,12-17,19-27H,11,18H2,1-2H3. The number of nitrogens with zero attached hydrogens (tertiary/aromatic N) is 3. The summed E-state index contributed by atoms with van der Waals surface area (Å²) in [6.45, 7) is 4.70. The predicted molar refractivity (Wildman–Crippen MR) is 185 cm³/mol. The Hall–Kier alpha value is -5.41. The maximum Gasteiger partial charge on any atom is 0.164 e. The van der Waals surface area contributed by atoms with E-state index in [9.17, 15) is 0 Å². The van der Waals surface area contributed by atoms with Gasteiger partial charge in [0.05, 0.1) is 0 Å². The van der Waals surface area contributed by atoms with Gasteiger partial charge in [0.2, 0.25) is 0 Å². The zero-order valence-corrected chi connectivity index (χ0v) is 25.5. The summed E-state index contributed by atoms with van der Waals surface area (Å²) in [6, 6.07) is 44.8. The van der Waals surface area contributed by atoms with Crippen molar-refractivity contribution < 1.29 is 0 Å². The highest BCUT2D eigenvalue weighted by molar-refractivity contribution is 5.89. The minimum atomic E-state index is -0.00802. The first-order valence-corrected chi connectivity index (χ1v) is 15.7. The fourth-order valence-corrected chi connectivity index (χ4v) is 6.81. The maximum atomic E-state index is 4.96. The molecule has 0 saturated carbocycles. The van der Waals surface area contributed by atoms with Gasteiger partial charge >= 0.3 is 0 Å². The van der Waals surface area contributed by atoms with Gasteiger partial charge < -0.3 is 0 Å². The number of rotatable bonds is 5. The van der Waals surface area contributed by atoms with Gasteiger partial charge in [-0.3, -0.25) is 0 Å². The second kappa shape index (κ2) is 10.9. The van der Waals surface area contributed by atoms with Gasteiger partial charge in [0.25, 0.3) is 0 Å². The summed E-state index contributed by atoms with van der Waals surface area (Å²) in [5.74, 6) is 2.02. The SMILES string of the molecule is CC1(C)c2ccccc2-c2ccc(C3=CC(c4cccc(-c5nc(-c6ccccc6)nc(-c6ccccc6)n5)c4)=CCC3)cc21. The molecule has 8 rings (SSSR count). The summed E-state index contributed by atoms with van der Waals surface area (Å²) in [5.41, 5.74) is 13.6. The molecule has 0 unspecified atom stereocenters. The van der Waals surface area contributed by atoms with Gasteiger partial charge in [0.15, 0.2) is 17.5 Å². The van der Waals surface area contributed by atoms with Crippen molar-refractivity contribution in [1.29, 1.82) is 0 Å². The fraction of sp³-hybridized carbons (Fsp3) is 0.119. The van der Waals surface area contributed by atoms with Crippen LogP contribution in [0.3, 0.4) is 0 Å². The van der Waals surface area contributed by atoms with Crippen molar-refractivity contribution in [3.05, 3.63) is 162 Å². The largest absolute Gasteiger partial charge is 0.208 e. The molecule has 2 aliphatic carbocycles. The topological polar surface area (TPSA) is 38.7 Å². The van der Waals surface area contributed by atoms with E-state index in [2.05, 4.69) is 92.7 Å². The second-order valence-electron chi connectivity index (χ2n) is 12.4. The van der Waals surface area contributed by atoms with Crippen LogP contribution in [0, 0.1) is 0 Å². The Morgan fingerprint density at radius 2 is 1.07 bits per heavy atom. The minimum absolute atomic E-state index is 0.00802. The Morgan fingerprint density at radius 3 is 1.78 bits per heavy atom. The van der Waals surface area contributed by atoms with Crippen LogP contribution in [-0.2, 0) is 5.41 Å². The first kappa shape index (κ1) is 27.2. The lowest BCUT2D eigenvalue weighted by Crippen LogP contribution is -2.15. The van der Waals surface area contributed by atoms with Crippen molar-refractivity contribution in [2.45, 2.75) is 32.1 Å². The Bertz CT molecular complexity index is 2060. The van der Waals surface area contributed by atoms with Gasteiger partial charge in [-0.15, -0.1) is 0 Å².